The number of benzene rings is 1. The standard InChI is InChI=1S/C22H24N4O3S/c27-20(11-14-6-9-29-10-7-14)25-22-24-17-5-8-26(13-19(17)30-22)21(28)18-12-15-3-1-2-4-16(15)23-18/h1-4,12,14,23H,5-11,13H2,(H,24,25,27). The largest absolute Gasteiger partial charge is 0.381 e. The lowest BCUT2D eigenvalue weighted by Gasteiger charge is -2.25. The van der Waals surface area contributed by atoms with Crippen molar-refractivity contribution >= 4 is 39.2 Å². The Labute approximate surface area is 178 Å². The van der Waals surface area contributed by atoms with Crippen LogP contribution < -0.4 is 5.32 Å². The first-order valence-electron chi connectivity index (χ1n) is 10.4. The molecule has 0 bridgehead atoms. The predicted molar refractivity (Wildman–Crippen MR) is 116 cm³/mol. The van der Waals surface area contributed by atoms with E-state index in [4.69, 9.17) is 4.74 Å². The smallest absolute Gasteiger partial charge is 0.270 e. The van der Waals surface area contributed by atoms with Crippen LogP contribution >= 0.6 is 11.3 Å². The van der Waals surface area contributed by atoms with Gasteiger partial charge < -0.3 is 19.9 Å². The molecular weight excluding hydrogens is 400 g/mol. The van der Waals surface area contributed by atoms with E-state index >= 15 is 0 Å². The molecule has 2 amide bonds. The van der Waals surface area contributed by atoms with Gasteiger partial charge in [0, 0.05) is 48.4 Å². The number of hydrogen-bond donors (Lipinski definition) is 2. The summed E-state index contributed by atoms with van der Waals surface area (Å²) < 4.78 is 5.36. The maximum atomic E-state index is 13.0. The SMILES string of the molecule is O=C(CC1CCOCC1)Nc1nc2c(s1)CN(C(=O)c1cc3ccccc3[nH]1)CC2. The molecule has 0 unspecified atom stereocenters. The predicted octanol–water partition coefficient (Wildman–Crippen LogP) is 3.58. The highest BCUT2D eigenvalue weighted by Gasteiger charge is 2.26. The first kappa shape index (κ1) is 19.3. The lowest BCUT2D eigenvalue weighted by atomic mass is 9.96. The fraction of sp³-hybridized carbons (Fsp3) is 0.409. The molecule has 1 aromatic carbocycles. The molecule has 2 N–H and O–H groups in total. The number of carbonyl (C=O) groups is 2. The molecule has 2 aromatic heterocycles. The van der Waals surface area contributed by atoms with E-state index in [1.807, 2.05) is 35.2 Å². The Hall–Kier alpha value is -2.71. The van der Waals surface area contributed by atoms with Crippen LogP contribution in [0.25, 0.3) is 10.9 Å². The van der Waals surface area contributed by atoms with Crippen molar-refractivity contribution in [3.8, 4) is 0 Å². The molecule has 5 rings (SSSR count). The first-order valence-corrected chi connectivity index (χ1v) is 11.2. The van der Waals surface area contributed by atoms with Crippen molar-refractivity contribution in [3.05, 3.63) is 46.6 Å². The summed E-state index contributed by atoms with van der Waals surface area (Å²) in [7, 11) is 0. The molecule has 30 heavy (non-hydrogen) atoms. The van der Waals surface area contributed by atoms with E-state index in [9.17, 15) is 9.59 Å². The van der Waals surface area contributed by atoms with Crippen LogP contribution in [-0.2, 0) is 22.5 Å². The Morgan fingerprint density at radius 3 is 2.93 bits per heavy atom. The number of aromatic amines is 1. The molecule has 2 aliphatic heterocycles. The molecule has 7 nitrogen and oxygen atoms in total. The van der Waals surface area contributed by atoms with Crippen molar-refractivity contribution in [2.45, 2.75) is 32.2 Å². The number of ether oxygens (including phenoxy) is 1. The number of nitrogens with one attached hydrogen (secondary N) is 2. The zero-order chi connectivity index (χ0) is 20.5. The summed E-state index contributed by atoms with van der Waals surface area (Å²) in [5.74, 6) is 0.395. The van der Waals surface area contributed by atoms with Gasteiger partial charge in [0.15, 0.2) is 5.13 Å². The number of hydrogen-bond acceptors (Lipinski definition) is 5. The second-order valence-electron chi connectivity index (χ2n) is 7.94. The van der Waals surface area contributed by atoms with Crippen molar-refractivity contribution in [3.63, 3.8) is 0 Å². The fourth-order valence-corrected chi connectivity index (χ4v) is 5.20. The number of thiazole rings is 1. The number of H-pyrrole nitrogens is 1. The molecule has 8 heteroatoms. The van der Waals surface area contributed by atoms with Crippen molar-refractivity contribution < 1.29 is 14.3 Å². The Kier molecular flexibility index (Phi) is 5.26. The summed E-state index contributed by atoms with van der Waals surface area (Å²) in [6.45, 7) is 2.63. The summed E-state index contributed by atoms with van der Waals surface area (Å²) >= 11 is 1.48. The second-order valence-corrected chi connectivity index (χ2v) is 9.03. The van der Waals surface area contributed by atoms with Crippen molar-refractivity contribution in [1.82, 2.24) is 14.9 Å². The quantitative estimate of drug-likeness (QED) is 0.670. The van der Waals surface area contributed by atoms with Gasteiger partial charge in [-0.1, -0.05) is 29.5 Å². The molecule has 2 aliphatic rings. The average Bonchev–Trinajstić information content (AvgIpc) is 3.36. The van der Waals surface area contributed by atoms with Crippen LogP contribution in [0.3, 0.4) is 0 Å². The summed E-state index contributed by atoms with van der Waals surface area (Å²) in [5, 5.41) is 4.63. The molecule has 1 fully saturated rings. The Balaban J connectivity index is 1.23. The number of aromatic nitrogens is 2. The molecule has 0 atom stereocenters. The maximum Gasteiger partial charge on any atom is 0.270 e. The zero-order valence-electron chi connectivity index (χ0n) is 16.6. The molecule has 1 saturated heterocycles. The van der Waals surface area contributed by atoms with Gasteiger partial charge in [0.1, 0.15) is 5.69 Å². The maximum absolute atomic E-state index is 13.0. The summed E-state index contributed by atoms with van der Waals surface area (Å²) in [4.78, 5) is 36.1. The van der Waals surface area contributed by atoms with Crippen molar-refractivity contribution in [2.24, 2.45) is 5.92 Å². The molecule has 156 valence electrons. The number of para-hydroxylation sites is 1. The highest BCUT2D eigenvalue weighted by atomic mass is 32.1. The Bertz CT molecular complexity index is 1050. The van der Waals surface area contributed by atoms with E-state index in [-0.39, 0.29) is 11.8 Å². The van der Waals surface area contributed by atoms with Crippen molar-refractivity contribution in [1.29, 1.82) is 0 Å². The number of anilines is 1. The normalized spacial score (nSPS) is 17.1. The van der Waals surface area contributed by atoms with Gasteiger partial charge >= 0.3 is 0 Å². The molecule has 0 radical (unpaired) electrons. The number of amides is 2. The second kappa shape index (κ2) is 8.20. The highest BCUT2D eigenvalue weighted by Crippen LogP contribution is 2.30. The lowest BCUT2D eigenvalue weighted by molar-refractivity contribution is -0.117. The average molecular weight is 425 g/mol. The van der Waals surface area contributed by atoms with Gasteiger partial charge in [-0.2, -0.15) is 0 Å². The van der Waals surface area contributed by atoms with Crippen LogP contribution in [0.5, 0.6) is 0 Å². The zero-order valence-corrected chi connectivity index (χ0v) is 17.5. The van der Waals surface area contributed by atoms with Crippen LogP contribution in [0.1, 0.15) is 40.3 Å². The third kappa shape index (κ3) is 3.97. The van der Waals surface area contributed by atoms with E-state index in [1.165, 1.54) is 11.3 Å². The Morgan fingerprint density at radius 1 is 1.27 bits per heavy atom. The number of fused-ring (bicyclic) bond motifs is 2. The number of carbonyl (C=O) groups excluding carboxylic acids is 2. The molecule has 0 spiro atoms. The van der Waals surface area contributed by atoms with E-state index < -0.39 is 0 Å². The molecular formula is C22H24N4O3S. The monoisotopic (exact) mass is 424 g/mol. The van der Waals surface area contributed by atoms with Gasteiger partial charge in [-0.3, -0.25) is 9.59 Å². The highest BCUT2D eigenvalue weighted by molar-refractivity contribution is 7.15. The van der Waals surface area contributed by atoms with Gasteiger partial charge in [0.05, 0.1) is 12.2 Å². The molecule has 0 saturated carbocycles. The van der Waals surface area contributed by atoms with Crippen LogP contribution in [-0.4, -0.2) is 46.4 Å². The minimum absolute atomic E-state index is 0.00430. The van der Waals surface area contributed by atoms with Gasteiger partial charge in [-0.05, 0) is 30.9 Å². The Morgan fingerprint density at radius 2 is 2.10 bits per heavy atom. The van der Waals surface area contributed by atoms with Gasteiger partial charge in [0.25, 0.3) is 5.91 Å². The van der Waals surface area contributed by atoms with E-state index in [1.54, 1.807) is 0 Å². The van der Waals surface area contributed by atoms with Gasteiger partial charge in [0.2, 0.25) is 5.91 Å². The minimum atomic E-state index is -0.00430. The summed E-state index contributed by atoms with van der Waals surface area (Å²) in [6, 6.07) is 9.79. The topological polar surface area (TPSA) is 87.3 Å². The van der Waals surface area contributed by atoms with Crippen LogP contribution in [0.2, 0.25) is 0 Å². The summed E-state index contributed by atoms with van der Waals surface area (Å²) in [6.07, 6.45) is 3.09. The van der Waals surface area contributed by atoms with Crippen LogP contribution in [0.4, 0.5) is 5.13 Å². The summed E-state index contributed by atoms with van der Waals surface area (Å²) in [5.41, 5.74) is 2.56. The van der Waals surface area contributed by atoms with Gasteiger partial charge in [-0.15, -0.1) is 0 Å². The van der Waals surface area contributed by atoms with Crippen LogP contribution in [0.15, 0.2) is 30.3 Å². The lowest BCUT2D eigenvalue weighted by Crippen LogP contribution is -2.35. The van der Waals surface area contributed by atoms with E-state index in [2.05, 4.69) is 15.3 Å². The molecule has 3 aromatic rings. The third-order valence-electron chi connectivity index (χ3n) is 5.84. The minimum Gasteiger partial charge on any atom is -0.381 e. The van der Waals surface area contributed by atoms with Gasteiger partial charge in [-0.25, -0.2) is 4.98 Å². The molecule has 0 aliphatic carbocycles. The first-order chi connectivity index (χ1) is 14.7. The van der Waals surface area contributed by atoms with E-state index in [0.717, 1.165) is 47.5 Å². The fourth-order valence-electron chi connectivity index (χ4n) is 4.16. The number of nitrogens with zero attached hydrogens (tertiary/aromatic N) is 2. The van der Waals surface area contributed by atoms with E-state index in [0.29, 0.717) is 42.7 Å². The van der Waals surface area contributed by atoms with Crippen molar-refractivity contribution in [2.75, 3.05) is 25.1 Å². The number of rotatable bonds is 4. The third-order valence-corrected chi connectivity index (χ3v) is 6.84. The van der Waals surface area contributed by atoms with Crippen LogP contribution in [0, 0.1) is 5.92 Å². The molecule has 4 heterocycles.